The first-order valence-corrected chi connectivity index (χ1v) is 12.3. The first-order valence-electron chi connectivity index (χ1n) is 10.7. The Labute approximate surface area is 210 Å². The molecule has 2 saturated heterocycles. The van der Waals surface area contributed by atoms with E-state index in [0.29, 0.717) is 22.1 Å². The first-order chi connectivity index (χ1) is 16.5. The average molecular weight is 511 g/mol. The summed E-state index contributed by atoms with van der Waals surface area (Å²) in [6.45, 7) is 1.84. The van der Waals surface area contributed by atoms with Gasteiger partial charge < -0.3 is 9.64 Å². The van der Waals surface area contributed by atoms with E-state index in [1.54, 1.807) is 24.3 Å². The number of nitrogens with zero attached hydrogens (tertiary/aromatic N) is 3. The molecule has 3 aromatic rings. The van der Waals surface area contributed by atoms with Gasteiger partial charge in [0, 0.05) is 13.1 Å². The molecule has 10 heteroatoms. The van der Waals surface area contributed by atoms with Gasteiger partial charge in [-0.2, -0.15) is 0 Å². The first kappa shape index (κ1) is 22.5. The van der Waals surface area contributed by atoms with Crippen molar-refractivity contribution in [1.29, 1.82) is 0 Å². The predicted molar refractivity (Wildman–Crippen MR) is 138 cm³/mol. The van der Waals surface area contributed by atoms with Crippen molar-refractivity contribution in [3.63, 3.8) is 0 Å². The van der Waals surface area contributed by atoms with Crippen LogP contribution in [0.3, 0.4) is 0 Å². The van der Waals surface area contributed by atoms with Crippen molar-refractivity contribution in [2.24, 2.45) is 0 Å². The van der Waals surface area contributed by atoms with Crippen molar-refractivity contribution in [2.75, 3.05) is 22.9 Å². The summed E-state index contributed by atoms with van der Waals surface area (Å²) in [6.07, 6.45) is 3.70. The fraction of sp³-hybridized carbons (Fsp3) is 0.167. The molecular weight excluding hydrogens is 492 g/mol. The molecule has 2 amide bonds. The molecule has 3 heterocycles. The van der Waals surface area contributed by atoms with Gasteiger partial charge in [0.25, 0.3) is 11.8 Å². The minimum absolute atomic E-state index is 0.0111. The van der Waals surface area contributed by atoms with Crippen LogP contribution in [0.4, 0.5) is 10.8 Å². The minimum Gasteiger partial charge on any atom is -0.457 e. The van der Waals surface area contributed by atoms with E-state index in [-0.39, 0.29) is 15.8 Å². The number of carbonyl (C=O) groups is 2. The van der Waals surface area contributed by atoms with Gasteiger partial charge in [0.2, 0.25) is 0 Å². The number of thiocarbonyl (C=S) groups is 1. The van der Waals surface area contributed by atoms with E-state index in [9.17, 15) is 9.59 Å². The number of anilines is 2. The monoisotopic (exact) mass is 510 g/mol. The summed E-state index contributed by atoms with van der Waals surface area (Å²) < 4.78 is 5.81. The molecule has 5 rings (SSSR count). The van der Waals surface area contributed by atoms with Gasteiger partial charge in [0.15, 0.2) is 10.2 Å². The molecule has 1 N–H and O–H groups in total. The highest BCUT2D eigenvalue weighted by Gasteiger charge is 2.35. The van der Waals surface area contributed by atoms with Gasteiger partial charge in [-0.25, -0.2) is 4.98 Å². The zero-order valence-electron chi connectivity index (χ0n) is 17.9. The second kappa shape index (κ2) is 9.54. The zero-order chi connectivity index (χ0) is 23.7. The number of para-hydroxylation sites is 1. The van der Waals surface area contributed by atoms with Gasteiger partial charge in [0.1, 0.15) is 22.2 Å². The third kappa shape index (κ3) is 4.54. The predicted octanol–water partition coefficient (Wildman–Crippen LogP) is 5.02. The Bertz CT molecular complexity index is 1290. The molecular formula is C24H19ClN4O3S2. The van der Waals surface area contributed by atoms with Gasteiger partial charge >= 0.3 is 0 Å². The number of amides is 2. The number of carbonyl (C=O) groups excluding carboxylic acids is 2. The largest absolute Gasteiger partial charge is 0.457 e. The normalized spacial score (nSPS) is 17.4. The number of nitrogens with one attached hydrogen (secondary N) is 1. The summed E-state index contributed by atoms with van der Waals surface area (Å²) in [6, 6.07) is 16.3. The maximum Gasteiger partial charge on any atom is 0.270 e. The fourth-order valence-electron chi connectivity index (χ4n) is 3.75. The maximum atomic E-state index is 13.3. The van der Waals surface area contributed by atoms with Crippen molar-refractivity contribution >= 4 is 69.0 Å². The molecule has 0 unspecified atom stereocenters. The van der Waals surface area contributed by atoms with Gasteiger partial charge in [0.05, 0.1) is 10.6 Å². The fourth-order valence-corrected chi connectivity index (χ4v) is 5.28. The summed E-state index contributed by atoms with van der Waals surface area (Å²) in [5.74, 6) is 0.211. The average Bonchev–Trinajstić information content (AvgIpc) is 3.48. The van der Waals surface area contributed by atoms with Gasteiger partial charge in [-0.05, 0) is 67.5 Å². The highest BCUT2D eigenvalue weighted by Crippen LogP contribution is 2.34. The molecule has 0 saturated carbocycles. The highest BCUT2D eigenvalue weighted by molar-refractivity contribution is 7.80. The number of rotatable bonds is 5. The lowest BCUT2D eigenvalue weighted by atomic mass is 10.1. The number of ether oxygens (including phenoxy) is 1. The molecule has 2 aromatic carbocycles. The molecule has 0 spiro atoms. The van der Waals surface area contributed by atoms with E-state index in [0.717, 1.165) is 31.1 Å². The van der Waals surface area contributed by atoms with Crippen LogP contribution in [0.1, 0.15) is 17.7 Å². The molecule has 34 heavy (non-hydrogen) atoms. The van der Waals surface area contributed by atoms with Gasteiger partial charge in [-0.15, -0.1) is 0 Å². The Kier molecular flexibility index (Phi) is 6.32. The Hall–Kier alpha value is -3.27. The van der Waals surface area contributed by atoms with Crippen molar-refractivity contribution in [3.05, 3.63) is 70.2 Å². The van der Waals surface area contributed by atoms with E-state index in [1.807, 2.05) is 30.3 Å². The van der Waals surface area contributed by atoms with E-state index in [2.05, 4.69) is 15.2 Å². The quantitative estimate of drug-likeness (QED) is 0.295. The molecule has 0 aliphatic carbocycles. The molecule has 2 aliphatic rings. The van der Waals surface area contributed by atoms with Gasteiger partial charge in [-0.1, -0.05) is 41.1 Å². The smallest absolute Gasteiger partial charge is 0.270 e. The topological polar surface area (TPSA) is 74.8 Å². The Balaban J connectivity index is 1.39. The van der Waals surface area contributed by atoms with E-state index >= 15 is 0 Å². The second-order valence-electron chi connectivity index (χ2n) is 7.71. The summed E-state index contributed by atoms with van der Waals surface area (Å²) in [4.78, 5) is 34.3. The van der Waals surface area contributed by atoms with Crippen molar-refractivity contribution < 1.29 is 14.3 Å². The summed E-state index contributed by atoms with van der Waals surface area (Å²) in [7, 11) is 0. The Morgan fingerprint density at radius 1 is 1.03 bits per heavy atom. The molecule has 0 atom stereocenters. The lowest BCUT2D eigenvalue weighted by Crippen LogP contribution is -2.54. The number of halogens is 1. The lowest BCUT2D eigenvalue weighted by molar-refractivity contribution is -0.122. The SMILES string of the molecule is O=C1NC(=S)N(c2ccc(Oc3ccccc3)cc2)C(=O)C1=Cc1sc(N2CCCC2)nc1Cl. The van der Waals surface area contributed by atoms with Crippen LogP contribution in [-0.2, 0) is 9.59 Å². The summed E-state index contributed by atoms with van der Waals surface area (Å²) in [5, 5.41) is 3.66. The van der Waals surface area contributed by atoms with Crippen molar-refractivity contribution in [3.8, 4) is 11.5 Å². The molecule has 172 valence electrons. The van der Waals surface area contributed by atoms with E-state index < -0.39 is 11.8 Å². The zero-order valence-corrected chi connectivity index (χ0v) is 20.3. The third-order valence-electron chi connectivity index (χ3n) is 5.43. The van der Waals surface area contributed by atoms with Crippen LogP contribution in [-0.4, -0.2) is 35.0 Å². The van der Waals surface area contributed by atoms with Crippen LogP contribution in [0.2, 0.25) is 5.15 Å². The van der Waals surface area contributed by atoms with Gasteiger partial charge in [-0.3, -0.25) is 19.8 Å². The van der Waals surface area contributed by atoms with E-state index in [1.165, 1.54) is 22.3 Å². The van der Waals surface area contributed by atoms with Crippen LogP contribution in [0, 0.1) is 0 Å². The summed E-state index contributed by atoms with van der Waals surface area (Å²) in [5.41, 5.74) is 0.450. The number of aromatic nitrogens is 1. The van der Waals surface area contributed by atoms with Crippen molar-refractivity contribution in [1.82, 2.24) is 10.3 Å². The second-order valence-corrected chi connectivity index (χ2v) is 9.47. The molecule has 0 bridgehead atoms. The maximum absolute atomic E-state index is 13.3. The molecule has 0 radical (unpaired) electrons. The van der Waals surface area contributed by atoms with Crippen LogP contribution in [0.5, 0.6) is 11.5 Å². The minimum atomic E-state index is -0.567. The number of hydrogen-bond donors (Lipinski definition) is 1. The summed E-state index contributed by atoms with van der Waals surface area (Å²) >= 11 is 13.0. The highest BCUT2D eigenvalue weighted by atomic mass is 35.5. The Morgan fingerprint density at radius 3 is 2.41 bits per heavy atom. The standard InChI is InChI=1S/C24H19ClN4O3S2/c25-20-19(34-24(26-20)28-12-4-5-13-28)14-18-21(30)27-23(33)29(22(18)31)15-8-10-17(11-9-15)32-16-6-2-1-3-7-16/h1-3,6-11,14H,4-5,12-13H2,(H,27,30,33). The van der Waals surface area contributed by atoms with Crippen molar-refractivity contribution in [2.45, 2.75) is 12.8 Å². The molecule has 1 aromatic heterocycles. The number of thiazole rings is 1. The van der Waals surface area contributed by atoms with Crippen LogP contribution >= 0.6 is 35.2 Å². The molecule has 2 aliphatic heterocycles. The lowest BCUT2D eigenvalue weighted by Gasteiger charge is -2.28. The van der Waals surface area contributed by atoms with Crippen LogP contribution in [0.15, 0.2) is 60.2 Å². The number of hydrogen-bond acceptors (Lipinski definition) is 7. The third-order valence-corrected chi connectivity index (χ3v) is 7.17. The molecule has 2 fully saturated rings. The molecule has 7 nitrogen and oxygen atoms in total. The van der Waals surface area contributed by atoms with E-state index in [4.69, 9.17) is 28.6 Å². The van der Waals surface area contributed by atoms with Crippen LogP contribution < -0.4 is 19.9 Å². The van der Waals surface area contributed by atoms with Crippen LogP contribution in [0.25, 0.3) is 6.08 Å². The number of benzene rings is 2. The Morgan fingerprint density at radius 2 is 1.71 bits per heavy atom.